The van der Waals surface area contributed by atoms with Gasteiger partial charge in [-0.25, -0.2) is 0 Å². The molecule has 0 heterocycles. The Hall–Kier alpha value is -1.18. The fourth-order valence-electron chi connectivity index (χ4n) is 2.76. The van der Waals surface area contributed by atoms with Crippen LogP contribution in [0, 0.1) is 16.7 Å². The SMILES string of the molecule is CCSc1cccc(NC2CC(OC)C2(C)C)c1C#N. The molecule has 1 aliphatic carbocycles. The summed E-state index contributed by atoms with van der Waals surface area (Å²) in [5.74, 6) is 0.971. The molecule has 1 saturated carbocycles. The number of hydrogen-bond acceptors (Lipinski definition) is 4. The molecule has 1 aromatic rings. The van der Waals surface area contributed by atoms with Gasteiger partial charge in [-0.3, -0.25) is 0 Å². The lowest BCUT2D eigenvalue weighted by molar-refractivity contribution is -0.0794. The van der Waals surface area contributed by atoms with Gasteiger partial charge in [0.1, 0.15) is 6.07 Å². The maximum atomic E-state index is 9.43. The number of rotatable bonds is 5. The summed E-state index contributed by atoms with van der Waals surface area (Å²) in [7, 11) is 1.77. The van der Waals surface area contributed by atoms with E-state index < -0.39 is 0 Å². The van der Waals surface area contributed by atoms with Gasteiger partial charge >= 0.3 is 0 Å². The Morgan fingerprint density at radius 1 is 1.50 bits per heavy atom. The molecular formula is C16H22N2OS. The number of anilines is 1. The van der Waals surface area contributed by atoms with Crippen molar-refractivity contribution in [3.8, 4) is 6.07 Å². The van der Waals surface area contributed by atoms with E-state index in [9.17, 15) is 5.26 Å². The number of benzene rings is 1. The molecule has 0 spiro atoms. The van der Waals surface area contributed by atoms with Crippen LogP contribution in [0.2, 0.25) is 0 Å². The van der Waals surface area contributed by atoms with Crippen LogP contribution in [0.15, 0.2) is 23.1 Å². The van der Waals surface area contributed by atoms with Crippen molar-refractivity contribution < 1.29 is 4.74 Å². The highest BCUT2D eigenvalue weighted by molar-refractivity contribution is 7.99. The standard InChI is InChI=1S/C16H22N2OS/c1-5-20-13-8-6-7-12(11(13)10-17)18-14-9-15(19-4)16(14,2)3/h6-8,14-15,18H,5,9H2,1-4H3. The lowest BCUT2D eigenvalue weighted by Crippen LogP contribution is -2.57. The molecule has 3 nitrogen and oxygen atoms in total. The van der Waals surface area contributed by atoms with Crippen LogP contribution < -0.4 is 5.32 Å². The van der Waals surface area contributed by atoms with E-state index in [4.69, 9.17) is 4.74 Å². The molecule has 1 fully saturated rings. The fourth-order valence-corrected chi connectivity index (χ4v) is 3.55. The molecule has 0 aliphatic heterocycles. The van der Waals surface area contributed by atoms with Gasteiger partial charge in [0.2, 0.25) is 0 Å². The highest BCUT2D eigenvalue weighted by atomic mass is 32.2. The summed E-state index contributed by atoms with van der Waals surface area (Å²) in [4.78, 5) is 1.06. The van der Waals surface area contributed by atoms with Crippen molar-refractivity contribution in [2.75, 3.05) is 18.2 Å². The number of methoxy groups -OCH3 is 1. The van der Waals surface area contributed by atoms with E-state index in [1.54, 1.807) is 18.9 Å². The van der Waals surface area contributed by atoms with Gasteiger partial charge in [-0.2, -0.15) is 5.26 Å². The van der Waals surface area contributed by atoms with Crippen molar-refractivity contribution in [3.63, 3.8) is 0 Å². The van der Waals surface area contributed by atoms with Crippen LogP contribution in [0.5, 0.6) is 0 Å². The molecule has 0 amide bonds. The van der Waals surface area contributed by atoms with E-state index in [0.29, 0.717) is 12.1 Å². The first-order valence-electron chi connectivity index (χ1n) is 6.99. The minimum absolute atomic E-state index is 0.0926. The zero-order valence-electron chi connectivity index (χ0n) is 12.6. The van der Waals surface area contributed by atoms with Crippen LogP contribution >= 0.6 is 11.8 Å². The number of thioether (sulfide) groups is 1. The zero-order valence-corrected chi connectivity index (χ0v) is 13.4. The minimum Gasteiger partial charge on any atom is -0.381 e. The lowest BCUT2D eigenvalue weighted by Gasteiger charge is -2.51. The zero-order chi connectivity index (χ0) is 14.8. The van der Waals surface area contributed by atoms with Gasteiger partial charge in [0.15, 0.2) is 0 Å². The Morgan fingerprint density at radius 3 is 2.80 bits per heavy atom. The Bertz CT molecular complexity index is 522. The average Bonchev–Trinajstić information content (AvgIpc) is 2.43. The van der Waals surface area contributed by atoms with Crippen molar-refractivity contribution in [3.05, 3.63) is 23.8 Å². The Kier molecular flexibility index (Phi) is 4.62. The summed E-state index contributed by atoms with van der Waals surface area (Å²) >= 11 is 1.71. The largest absolute Gasteiger partial charge is 0.381 e. The van der Waals surface area contributed by atoms with E-state index >= 15 is 0 Å². The van der Waals surface area contributed by atoms with Gasteiger partial charge < -0.3 is 10.1 Å². The van der Waals surface area contributed by atoms with E-state index in [2.05, 4.69) is 32.2 Å². The highest BCUT2D eigenvalue weighted by Crippen LogP contribution is 2.44. The fraction of sp³-hybridized carbons (Fsp3) is 0.562. The summed E-state index contributed by atoms with van der Waals surface area (Å²) in [5, 5.41) is 13.0. The Labute approximate surface area is 125 Å². The molecule has 1 N–H and O–H groups in total. The first kappa shape index (κ1) is 15.2. The van der Waals surface area contributed by atoms with E-state index in [-0.39, 0.29) is 5.41 Å². The van der Waals surface area contributed by atoms with Crippen LogP contribution in [0.25, 0.3) is 0 Å². The third-order valence-electron chi connectivity index (χ3n) is 4.23. The predicted molar refractivity (Wildman–Crippen MR) is 84.2 cm³/mol. The molecule has 2 rings (SSSR count). The molecule has 2 unspecified atom stereocenters. The Balaban J connectivity index is 2.19. The third-order valence-corrected chi connectivity index (χ3v) is 5.17. The molecule has 0 radical (unpaired) electrons. The third kappa shape index (κ3) is 2.65. The predicted octanol–water partition coefficient (Wildman–Crippen LogP) is 3.90. The quantitative estimate of drug-likeness (QED) is 0.835. The smallest absolute Gasteiger partial charge is 0.102 e. The summed E-state index contributed by atoms with van der Waals surface area (Å²) in [6, 6.07) is 8.71. The van der Waals surface area contributed by atoms with Crippen LogP contribution in [0.4, 0.5) is 5.69 Å². The molecule has 1 aliphatic rings. The van der Waals surface area contributed by atoms with Gasteiger partial charge in [0.05, 0.1) is 17.4 Å². The van der Waals surface area contributed by atoms with Crippen molar-refractivity contribution in [1.82, 2.24) is 0 Å². The Morgan fingerprint density at radius 2 is 2.25 bits per heavy atom. The van der Waals surface area contributed by atoms with Gasteiger partial charge in [0.25, 0.3) is 0 Å². The second-order valence-corrected chi connectivity index (χ2v) is 7.01. The van der Waals surface area contributed by atoms with Crippen LogP contribution in [-0.4, -0.2) is 25.0 Å². The maximum absolute atomic E-state index is 9.43. The normalized spacial score (nSPS) is 23.8. The molecule has 4 heteroatoms. The highest BCUT2D eigenvalue weighted by Gasteiger charge is 2.48. The van der Waals surface area contributed by atoms with Crippen LogP contribution in [0.3, 0.4) is 0 Å². The maximum Gasteiger partial charge on any atom is 0.102 e. The second kappa shape index (κ2) is 6.07. The van der Waals surface area contributed by atoms with Gasteiger partial charge in [0, 0.05) is 23.5 Å². The van der Waals surface area contributed by atoms with Crippen molar-refractivity contribution in [1.29, 1.82) is 5.26 Å². The topological polar surface area (TPSA) is 45.0 Å². The molecule has 0 saturated heterocycles. The number of nitrogens with one attached hydrogen (secondary N) is 1. The summed E-state index contributed by atoms with van der Waals surface area (Å²) in [5.41, 5.74) is 1.80. The monoisotopic (exact) mass is 290 g/mol. The number of hydrogen-bond donors (Lipinski definition) is 1. The molecule has 1 aromatic carbocycles. The molecule has 108 valence electrons. The van der Waals surface area contributed by atoms with Gasteiger partial charge in [-0.15, -0.1) is 11.8 Å². The van der Waals surface area contributed by atoms with E-state index in [1.165, 1.54) is 0 Å². The number of nitriles is 1. The summed E-state index contributed by atoms with van der Waals surface area (Å²) in [6.45, 7) is 6.52. The first-order valence-corrected chi connectivity index (χ1v) is 7.98. The molecule has 20 heavy (non-hydrogen) atoms. The minimum atomic E-state index is 0.0926. The average molecular weight is 290 g/mol. The number of ether oxygens (including phenoxy) is 1. The van der Waals surface area contributed by atoms with E-state index in [0.717, 1.165) is 28.3 Å². The molecular weight excluding hydrogens is 268 g/mol. The van der Waals surface area contributed by atoms with E-state index in [1.807, 2.05) is 18.2 Å². The van der Waals surface area contributed by atoms with Crippen molar-refractivity contribution >= 4 is 17.4 Å². The van der Waals surface area contributed by atoms with Crippen LogP contribution in [0.1, 0.15) is 32.8 Å². The molecule has 0 aromatic heterocycles. The second-order valence-electron chi connectivity index (χ2n) is 5.70. The van der Waals surface area contributed by atoms with Gasteiger partial charge in [-0.05, 0) is 24.3 Å². The van der Waals surface area contributed by atoms with Crippen LogP contribution in [-0.2, 0) is 4.74 Å². The van der Waals surface area contributed by atoms with Crippen molar-refractivity contribution in [2.24, 2.45) is 5.41 Å². The lowest BCUT2D eigenvalue weighted by atomic mass is 9.64. The summed E-state index contributed by atoms with van der Waals surface area (Å²) < 4.78 is 5.48. The molecule has 0 bridgehead atoms. The first-order chi connectivity index (χ1) is 9.54. The summed E-state index contributed by atoms with van der Waals surface area (Å²) in [6.07, 6.45) is 1.28. The number of nitrogens with zero attached hydrogens (tertiary/aromatic N) is 1. The van der Waals surface area contributed by atoms with Crippen molar-refractivity contribution in [2.45, 2.75) is 44.2 Å². The molecule has 2 atom stereocenters. The van der Waals surface area contributed by atoms with Gasteiger partial charge in [-0.1, -0.05) is 26.8 Å².